The quantitative estimate of drug-likeness (QED) is 0.423. The summed E-state index contributed by atoms with van der Waals surface area (Å²) in [6.07, 6.45) is -0.941. The minimum Gasteiger partial charge on any atom is -0.462 e. The van der Waals surface area contributed by atoms with E-state index in [1.807, 2.05) is 61.5 Å². The van der Waals surface area contributed by atoms with Crippen molar-refractivity contribution >= 4 is 29.2 Å². The highest BCUT2D eigenvalue weighted by Gasteiger charge is 2.60. The molecule has 0 spiro atoms. The number of para-hydroxylation sites is 1. The van der Waals surface area contributed by atoms with E-state index in [4.69, 9.17) is 9.57 Å². The van der Waals surface area contributed by atoms with Gasteiger partial charge in [0.25, 0.3) is 5.91 Å². The van der Waals surface area contributed by atoms with Crippen LogP contribution in [0.2, 0.25) is 0 Å². The molecule has 2 amide bonds. The van der Waals surface area contributed by atoms with Crippen molar-refractivity contribution in [1.29, 1.82) is 0 Å². The Kier molecular flexibility index (Phi) is 5.63. The zero-order valence-electron chi connectivity index (χ0n) is 18.9. The molecule has 0 saturated carbocycles. The van der Waals surface area contributed by atoms with Gasteiger partial charge in [-0.25, -0.2) is 14.8 Å². The van der Waals surface area contributed by atoms with Crippen molar-refractivity contribution in [2.24, 2.45) is 5.92 Å². The zero-order chi connectivity index (χ0) is 23.8. The van der Waals surface area contributed by atoms with Crippen molar-refractivity contribution < 1.29 is 24.0 Å². The van der Waals surface area contributed by atoms with Crippen LogP contribution in [-0.2, 0) is 19.2 Å². The predicted molar refractivity (Wildman–Crippen MR) is 126 cm³/mol. The van der Waals surface area contributed by atoms with Gasteiger partial charge < -0.3 is 4.74 Å². The molecule has 0 bridgehead atoms. The second-order valence-corrected chi connectivity index (χ2v) is 8.35. The van der Waals surface area contributed by atoms with E-state index >= 15 is 0 Å². The number of nitrogens with zero attached hydrogens (tertiary/aromatic N) is 2. The second kappa shape index (κ2) is 8.76. The molecule has 2 fully saturated rings. The largest absolute Gasteiger partial charge is 0.462 e. The SMILES string of the molecule is CCOC(=O)c1ccc(N2C(=O)[C@@H]3[C@@H](c4ccc(C)cc4)N(c4ccccc4)O[C@H]3C2=O)cc1. The van der Waals surface area contributed by atoms with Gasteiger partial charge >= 0.3 is 5.97 Å². The Balaban J connectivity index is 1.50. The smallest absolute Gasteiger partial charge is 0.338 e. The maximum atomic E-state index is 13.7. The fourth-order valence-electron chi connectivity index (χ4n) is 4.53. The third-order valence-electron chi connectivity index (χ3n) is 6.18. The Bertz CT molecular complexity index is 1220. The minimum atomic E-state index is -0.941. The molecule has 172 valence electrons. The Morgan fingerprint density at radius 2 is 1.56 bits per heavy atom. The lowest BCUT2D eigenvalue weighted by Gasteiger charge is -2.28. The number of amides is 2. The van der Waals surface area contributed by atoms with E-state index < -0.39 is 29.9 Å². The number of carbonyl (C=O) groups excluding carboxylic acids is 3. The number of ether oxygens (including phenoxy) is 1. The average molecular weight is 456 g/mol. The summed E-state index contributed by atoms with van der Waals surface area (Å²) < 4.78 is 5.01. The third-order valence-corrected chi connectivity index (χ3v) is 6.18. The molecule has 3 aromatic carbocycles. The summed E-state index contributed by atoms with van der Waals surface area (Å²) >= 11 is 0. The zero-order valence-corrected chi connectivity index (χ0v) is 18.9. The number of benzene rings is 3. The first-order valence-electron chi connectivity index (χ1n) is 11.2. The molecule has 0 aromatic heterocycles. The van der Waals surface area contributed by atoms with Gasteiger partial charge in [0.1, 0.15) is 5.92 Å². The molecular weight excluding hydrogens is 432 g/mol. The third kappa shape index (κ3) is 3.64. The van der Waals surface area contributed by atoms with Crippen LogP contribution in [0.15, 0.2) is 78.9 Å². The highest BCUT2D eigenvalue weighted by molar-refractivity contribution is 6.24. The lowest BCUT2D eigenvalue weighted by Crippen LogP contribution is -2.37. The van der Waals surface area contributed by atoms with Crippen molar-refractivity contribution in [3.63, 3.8) is 0 Å². The Hall–Kier alpha value is -3.97. The van der Waals surface area contributed by atoms with Crippen LogP contribution in [0, 0.1) is 12.8 Å². The Labute approximate surface area is 197 Å². The molecule has 0 unspecified atom stereocenters. The summed E-state index contributed by atoms with van der Waals surface area (Å²) in [4.78, 5) is 46.3. The first kappa shape index (κ1) is 21.9. The maximum absolute atomic E-state index is 13.7. The average Bonchev–Trinajstić information content (AvgIpc) is 3.36. The van der Waals surface area contributed by atoms with Crippen molar-refractivity contribution in [2.45, 2.75) is 26.0 Å². The van der Waals surface area contributed by atoms with Crippen molar-refractivity contribution in [1.82, 2.24) is 0 Å². The van der Waals surface area contributed by atoms with E-state index in [1.54, 1.807) is 36.3 Å². The molecule has 7 nitrogen and oxygen atoms in total. The molecule has 3 atom stereocenters. The molecule has 2 aliphatic rings. The Morgan fingerprint density at radius 1 is 0.882 bits per heavy atom. The molecule has 2 heterocycles. The van der Waals surface area contributed by atoms with Crippen LogP contribution >= 0.6 is 0 Å². The molecule has 2 saturated heterocycles. The minimum absolute atomic E-state index is 0.267. The normalized spacial score (nSPS) is 21.6. The van der Waals surface area contributed by atoms with Gasteiger partial charge in [-0.05, 0) is 55.8 Å². The van der Waals surface area contributed by atoms with Gasteiger partial charge in [0, 0.05) is 0 Å². The molecule has 34 heavy (non-hydrogen) atoms. The van der Waals surface area contributed by atoms with Crippen molar-refractivity contribution in [3.8, 4) is 0 Å². The van der Waals surface area contributed by atoms with Gasteiger partial charge in [-0.1, -0.05) is 48.0 Å². The van der Waals surface area contributed by atoms with Gasteiger partial charge in [-0.15, -0.1) is 0 Å². The van der Waals surface area contributed by atoms with E-state index in [2.05, 4.69) is 0 Å². The van der Waals surface area contributed by atoms with Gasteiger partial charge in [0.2, 0.25) is 5.91 Å². The number of hydrogen-bond donors (Lipinski definition) is 0. The summed E-state index contributed by atoms with van der Waals surface area (Å²) in [7, 11) is 0. The molecule has 0 radical (unpaired) electrons. The topological polar surface area (TPSA) is 76.2 Å². The summed E-state index contributed by atoms with van der Waals surface area (Å²) in [5.41, 5.74) is 3.52. The summed E-state index contributed by atoms with van der Waals surface area (Å²) in [5.74, 6) is -1.91. The van der Waals surface area contributed by atoms with Crippen LogP contribution in [0.1, 0.15) is 34.5 Å². The lowest BCUT2D eigenvalue weighted by atomic mass is 9.90. The number of aryl methyl sites for hydroxylation is 1. The van der Waals surface area contributed by atoms with E-state index in [9.17, 15) is 14.4 Å². The number of anilines is 2. The first-order valence-corrected chi connectivity index (χ1v) is 11.2. The van der Waals surface area contributed by atoms with Crippen LogP contribution in [-0.4, -0.2) is 30.5 Å². The van der Waals surface area contributed by atoms with Crippen LogP contribution in [0.3, 0.4) is 0 Å². The number of hydroxylamine groups is 1. The number of esters is 1. The predicted octanol–water partition coefficient (Wildman–Crippen LogP) is 4.22. The van der Waals surface area contributed by atoms with Gasteiger partial charge in [0.05, 0.1) is 29.6 Å². The van der Waals surface area contributed by atoms with Crippen LogP contribution in [0.25, 0.3) is 0 Å². The van der Waals surface area contributed by atoms with Gasteiger partial charge in [-0.2, -0.15) is 0 Å². The standard InChI is InChI=1S/C27H24N2O5/c1-3-33-27(32)19-13-15-20(16-14-19)28-25(30)22-23(18-11-9-17(2)10-12-18)29(34-24(22)26(28)31)21-7-5-4-6-8-21/h4-16,22-24H,3H2,1-2H3/t22-,23-,24-/m1/s1. The second-order valence-electron chi connectivity index (χ2n) is 8.35. The number of rotatable bonds is 5. The molecule has 7 heteroatoms. The molecule has 5 rings (SSSR count). The summed E-state index contributed by atoms with van der Waals surface area (Å²) in [6, 6.07) is 23.2. The number of fused-ring (bicyclic) bond motifs is 1. The van der Waals surface area contributed by atoms with E-state index in [-0.39, 0.29) is 12.5 Å². The summed E-state index contributed by atoms with van der Waals surface area (Å²) in [5, 5.41) is 1.68. The molecule has 0 aliphatic carbocycles. The monoisotopic (exact) mass is 456 g/mol. The van der Waals surface area contributed by atoms with E-state index in [0.29, 0.717) is 11.3 Å². The summed E-state index contributed by atoms with van der Waals surface area (Å²) in [6.45, 7) is 4.00. The fourth-order valence-corrected chi connectivity index (χ4v) is 4.53. The molecular formula is C27H24N2O5. The van der Waals surface area contributed by atoms with Crippen LogP contribution in [0.5, 0.6) is 0 Å². The highest BCUT2D eigenvalue weighted by atomic mass is 16.7. The first-order chi connectivity index (χ1) is 16.5. The van der Waals surface area contributed by atoms with Crippen molar-refractivity contribution in [3.05, 3.63) is 95.6 Å². The lowest BCUT2D eigenvalue weighted by molar-refractivity contribution is -0.126. The van der Waals surface area contributed by atoms with E-state index in [0.717, 1.165) is 21.7 Å². The number of carbonyl (C=O) groups is 3. The van der Waals surface area contributed by atoms with Gasteiger partial charge in [-0.3, -0.25) is 14.4 Å². The van der Waals surface area contributed by atoms with Crippen LogP contribution in [0.4, 0.5) is 11.4 Å². The van der Waals surface area contributed by atoms with Crippen LogP contribution < -0.4 is 9.96 Å². The molecule has 3 aromatic rings. The van der Waals surface area contributed by atoms with Crippen molar-refractivity contribution in [2.75, 3.05) is 16.6 Å². The number of hydrogen-bond acceptors (Lipinski definition) is 6. The fraction of sp³-hybridized carbons (Fsp3) is 0.222. The molecule has 0 N–H and O–H groups in total. The maximum Gasteiger partial charge on any atom is 0.338 e. The number of imide groups is 1. The Morgan fingerprint density at radius 3 is 2.21 bits per heavy atom. The highest BCUT2D eigenvalue weighted by Crippen LogP contribution is 2.47. The van der Waals surface area contributed by atoms with Gasteiger partial charge in [0.15, 0.2) is 6.10 Å². The molecule has 2 aliphatic heterocycles. The van der Waals surface area contributed by atoms with E-state index in [1.165, 1.54) is 0 Å².